The zero-order valence-corrected chi connectivity index (χ0v) is 20.3. The molecule has 1 aliphatic rings. The lowest BCUT2D eigenvalue weighted by atomic mass is 9.86. The minimum atomic E-state index is -0.940. The van der Waals surface area contributed by atoms with Gasteiger partial charge in [0.2, 0.25) is 11.8 Å². The van der Waals surface area contributed by atoms with E-state index in [0.717, 1.165) is 21.7 Å². The molecule has 1 saturated heterocycles. The first-order valence-corrected chi connectivity index (χ1v) is 11.9. The van der Waals surface area contributed by atoms with Gasteiger partial charge in [-0.1, -0.05) is 45.0 Å². The van der Waals surface area contributed by atoms with Gasteiger partial charge in [0.25, 0.3) is 0 Å². The van der Waals surface area contributed by atoms with Crippen molar-refractivity contribution in [1.29, 1.82) is 0 Å². The van der Waals surface area contributed by atoms with Crippen LogP contribution in [0.3, 0.4) is 0 Å². The summed E-state index contributed by atoms with van der Waals surface area (Å²) in [5, 5.41) is 12.1. The summed E-state index contributed by atoms with van der Waals surface area (Å²) in [7, 11) is 0. The van der Waals surface area contributed by atoms with Crippen LogP contribution in [0.25, 0.3) is 10.4 Å². The Morgan fingerprint density at radius 2 is 1.94 bits per heavy atom. The van der Waals surface area contributed by atoms with E-state index >= 15 is 0 Å². The largest absolute Gasteiger partial charge is 0.481 e. The lowest BCUT2D eigenvalue weighted by Gasteiger charge is -2.32. The van der Waals surface area contributed by atoms with E-state index in [-0.39, 0.29) is 30.7 Å². The Morgan fingerprint density at radius 1 is 1.27 bits per heavy atom. The van der Waals surface area contributed by atoms with Crippen LogP contribution in [0.2, 0.25) is 0 Å². The lowest BCUT2D eigenvalue weighted by molar-refractivity contribution is -0.141. The highest BCUT2D eigenvalue weighted by atomic mass is 32.1. The summed E-state index contributed by atoms with van der Waals surface area (Å²) < 4.78 is 0. The predicted molar refractivity (Wildman–Crippen MR) is 127 cm³/mol. The summed E-state index contributed by atoms with van der Waals surface area (Å²) in [4.78, 5) is 44.2. The number of nitrogens with two attached hydrogens (primary N) is 1. The molecule has 2 amide bonds. The number of aryl methyl sites for hydroxylation is 1. The van der Waals surface area contributed by atoms with Gasteiger partial charge in [-0.3, -0.25) is 14.4 Å². The third kappa shape index (κ3) is 5.97. The molecule has 9 heteroatoms. The first kappa shape index (κ1) is 24.9. The Morgan fingerprint density at radius 3 is 2.48 bits per heavy atom. The van der Waals surface area contributed by atoms with Crippen molar-refractivity contribution in [3.63, 3.8) is 0 Å². The first-order valence-electron chi connectivity index (χ1n) is 11.0. The predicted octanol–water partition coefficient (Wildman–Crippen LogP) is 2.80. The van der Waals surface area contributed by atoms with Crippen molar-refractivity contribution in [2.24, 2.45) is 17.1 Å². The average molecular weight is 473 g/mol. The normalized spacial score (nSPS) is 19.4. The molecule has 4 N–H and O–H groups in total. The van der Waals surface area contributed by atoms with Gasteiger partial charge >= 0.3 is 5.97 Å². The van der Waals surface area contributed by atoms with Gasteiger partial charge in [-0.05, 0) is 35.8 Å². The molecular weight excluding hydrogens is 440 g/mol. The highest BCUT2D eigenvalue weighted by Crippen LogP contribution is 2.30. The lowest BCUT2D eigenvalue weighted by Crippen LogP contribution is -2.54. The molecule has 0 spiro atoms. The molecule has 1 aromatic carbocycles. The summed E-state index contributed by atoms with van der Waals surface area (Å²) in [6.07, 6.45) is 0.223. The summed E-state index contributed by atoms with van der Waals surface area (Å²) in [6, 6.07) is 6.40. The molecule has 3 rings (SSSR count). The monoisotopic (exact) mass is 472 g/mol. The number of hydrogen-bond acceptors (Lipinski definition) is 6. The third-order valence-electron chi connectivity index (χ3n) is 6.06. The molecule has 1 aromatic heterocycles. The number of carbonyl (C=O) groups is 3. The molecule has 0 unspecified atom stereocenters. The van der Waals surface area contributed by atoms with Gasteiger partial charge in [-0.25, -0.2) is 4.98 Å². The van der Waals surface area contributed by atoms with Crippen molar-refractivity contribution in [2.45, 2.75) is 59.2 Å². The van der Waals surface area contributed by atoms with Gasteiger partial charge in [0, 0.05) is 19.5 Å². The summed E-state index contributed by atoms with van der Waals surface area (Å²) in [5.41, 5.74) is 10.5. The minimum Gasteiger partial charge on any atom is -0.481 e. The minimum absolute atomic E-state index is 0.0865. The topological polar surface area (TPSA) is 126 Å². The second kappa shape index (κ2) is 10.0. The van der Waals surface area contributed by atoms with Crippen molar-refractivity contribution in [3.05, 3.63) is 41.0 Å². The Labute approximate surface area is 198 Å². The number of rotatable bonds is 7. The third-order valence-corrected chi connectivity index (χ3v) is 7.04. The Hall–Kier alpha value is -2.78. The van der Waals surface area contributed by atoms with E-state index in [9.17, 15) is 19.5 Å². The van der Waals surface area contributed by atoms with E-state index in [0.29, 0.717) is 13.0 Å². The number of likely N-dealkylation sites (tertiary alicyclic amines) is 1. The van der Waals surface area contributed by atoms with Gasteiger partial charge < -0.3 is 21.1 Å². The van der Waals surface area contributed by atoms with E-state index in [1.165, 1.54) is 4.90 Å². The van der Waals surface area contributed by atoms with Gasteiger partial charge in [0.15, 0.2) is 0 Å². The standard InChI is InChI=1S/C24H32N4O4S/c1-14-20(33-13-27-14)17-7-5-15(6-8-17)11-26-22(31)18-9-16(10-19(29)30)12-28(18)23(32)21(25)24(2,3)4/h5-8,13,16,18,21H,9-12,25H2,1-4H3,(H,26,31)(H,29,30)/t16-,18+,21-/m1/s1. The highest BCUT2D eigenvalue weighted by Gasteiger charge is 2.43. The van der Waals surface area contributed by atoms with Crippen LogP contribution in [0.15, 0.2) is 29.8 Å². The van der Waals surface area contributed by atoms with Gasteiger partial charge in [0.1, 0.15) is 6.04 Å². The van der Waals surface area contributed by atoms with Crippen molar-refractivity contribution >= 4 is 29.1 Å². The van der Waals surface area contributed by atoms with Crippen LogP contribution in [0.5, 0.6) is 0 Å². The van der Waals surface area contributed by atoms with E-state index in [2.05, 4.69) is 10.3 Å². The molecule has 0 aliphatic carbocycles. The average Bonchev–Trinajstić information content (AvgIpc) is 3.36. The van der Waals surface area contributed by atoms with Crippen molar-refractivity contribution in [1.82, 2.24) is 15.2 Å². The van der Waals surface area contributed by atoms with E-state index in [1.54, 1.807) is 11.3 Å². The van der Waals surface area contributed by atoms with Crippen LogP contribution in [0.1, 0.15) is 44.9 Å². The number of amides is 2. The first-order chi connectivity index (χ1) is 15.5. The Kier molecular flexibility index (Phi) is 7.54. The van der Waals surface area contributed by atoms with Crippen LogP contribution in [0.4, 0.5) is 0 Å². The second-order valence-electron chi connectivity index (χ2n) is 9.73. The maximum absolute atomic E-state index is 13.1. The van der Waals surface area contributed by atoms with Crippen LogP contribution in [-0.4, -0.2) is 51.4 Å². The molecule has 2 aromatic rings. The molecular formula is C24H32N4O4S. The maximum atomic E-state index is 13.1. The van der Waals surface area contributed by atoms with Gasteiger partial charge in [-0.2, -0.15) is 0 Å². The van der Waals surface area contributed by atoms with E-state index < -0.39 is 23.5 Å². The molecule has 3 atom stereocenters. The number of carboxylic acids is 1. The Bertz CT molecular complexity index is 1010. The molecule has 0 bridgehead atoms. The molecule has 178 valence electrons. The van der Waals surface area contributed by atoms with Crippen LogP contribution >= 0.6 is 11.3 Å². The zero-order valence-electron chi connectivity index (χ0n) is 19.5. The number of thiazole rings is 1. The number of aliphatic carboxylic acids is 1. The smallest absolute Gasteiger partial charge is 0.303 e. The van der Waals surface area contributed by atoms with Crippen molar-refractivity contribution < 1.29 is 19.5 Å². The number of carbonyl (C=O) groups excluding carboxylic acids is 2. The zero-order chi connectivity index (χ0) is 24.3. The van der Waals surface area contributed by atoms with Crippen LogP contribution in [0, 0.1) is 18.3 Å². The fraction of sp³-hybridized carbons (Fsp3) is 0.500. The number of nitrogens with one attached hydrogen (secondary N) is 1. The number of carboxylic acid groups (broad SMARTS) is 1. The number of hydrogen-bond donors (Lipinski definition) is 3. The molecule has 33 heavy (non-hydrogen) atoms. The quantitative estimate of drug-likeness (QED) is 0.569. The van der Waals surface area contributed by atoms with Crippen molar-refractivity contribution in [3.8, 4) is 10.4 Å². The number of nitrogens with zero attached hydrogens (tertiary/aromatic N) is 2. The van der Waals surface area contributed by atoms with E-state index in [4.69, 9.17) is 5.73 Å². The maximum Gasteiger partial charge on any atom is 0.303 e. The molecule has 0 saturated carbocycles. The fourth-order valence-corrected chi connectivity index (χ4v) is 4.83. The fourth-order valence-electron chi connectivity index (χ4n) is 4.02. The summed E-state index contributed by atoms with van der Waals surface area (Å²) in [6.45, 7) is 8.11. The SMILES string of the molecule is Cc1ncsc1-c1ccc(CNC(=O)[C@@H]2C[C@H](CC(=O)O)CN2C(=O)[C@@H](N)C(C)(C)C)cc1. The van der Waals surface area contributed by atoms with E-state index in [1.807, 2.05) is 57.5 Å². The van der Waals surface area contributed by atoms with Crippen LogP contribution < -0.4 is 11.1 Å². The van der Waals surface area contributed by atoms with Crippen LogP contribution in [-0.2, 0) is 20.9 Å². The molecule has 1 fully saturated rings. The molecule has 2 heterocycles. The van der Waals surface area contributed by atoms with Gasteiger partial charge in [-0.15, -0.1) is 11.3 Å². The highest BCUT2D eigenvalue weighted by molar-refractivity contribution is 7.13. The molecule has 0 radical (unpaired) electrons. The molecule has 8 nitrogen and oxygen atoms in total. The summed E-state index contributed by atoms with van der Waals surface area (Å²) >= 11 is 1.58. The van der Waals surface area contributed by atoms with Crippen molar-refractivity contribution in [2.75, 3.05) is 6.54 Å². The number of aromatic nitrogens is 1. The second-order valence-corrected chi connectivity index (χ2v) is 10.6. The number of benzene rings is 1. The molecule has 1 aliphatic heterocycles. The Balaban J connectivity index is 1.68. The summed E-state index contributed by atoms with van der Waals surface area (Å²) in [5.74, 6) is -1.83. The van der Waals surface area contributed by atoms with Gasteiger partial charge in [0.05, 0.1) is 22.1 Å².